The van der Waals surface area contributed by atoms with Crippen molar-refractivity contribution in [3.63, 3.8) is 0 Å². The molecular formula is C89H52ClF15N18O8. The van der Waals surface area contributed by atoms with Crippen LogP contribution in [0.1, 0.15) is 28.1 Å². The summed E-state index contributed by atoms with van der Waals surface area (Å²) in [6, 6.07) is 48.2. The van der Waals surface area contributed by atoms with E-state index in [9.17, 15) is 85.0 Å². The molecule has 0 unspecified atom stereocenters. The van der Waals surface area contributed by atoms with Gasteiger partial charge in [0.05, 0.1) is 78.2 Å². The molecule has 8 N–H and O–H groups in total. The minimum atomic E-state index is -4.86. The summed E-state index contributed by atoms with van der Waals surface area (Å²) in [5.74, 6) is -3.10. The maximum Gasteiger partial charge on any atom is 0.419 e. The summed E-state index contributed by atoms with van der Waals surface area (Å²) in [6.07, 6.45) is -5.22. The summed E-state index contributed by atoms with van der Waals surface area (Å²) < 4.78 is 221. The van der Waals surface area contributed by atoms with Crippen molar-refractivity contribution >= 4 is 125 Å². The normalized spacial score (nSPS) is 11.0. The van der Waals surface area contributed by atoms with Crippen molar-refractivity contribution in [1.82, 2.24) is 39.9 Å². The minimum Gasteiger partial charge on any atom is -0.457 e. The number of hydrogen-bond acceptors (Lipinski definition) is 18. The van der Waals surface area contributed by atoms with Crippen molar-refractivity contribution in [1.29, 1.82) is 10.5 Å². The first-order valence-electron chi connectivity index (χ1n) is 37.2. The van der Waals surface area contributed by atoms with E-state index in [0.29, 0.717) is 73.5 Å². The van der Waals surface area contributed by atoms with E-state index in [-0.39, 0.29) is 85.6 Å². The van der Waals surface area contributed by atoms with Crippen LogP contribution in [0.3, 0.4) is 0 Å². The first-order valence-corrected chi connectivity index (χ1v) is 37.6. The zero-order chi connectivity index (χ0) is 93.3. The van der Waals surface area contributed by atoms with Crippen LogP contribution in [0.15, 0.2) is 268 Å². The van der Waals surface area contributed by atoms with Crippen molar-refractivity contribution in [2.45, 2.75) is 18.5 Å². The summed E-state index contributed by atoms with van der Waals surface area (Å²) >= 11 is 5.65. The summed E-state index contributed by atoms with van der Waals surface area (Å²) in [5.41, 5.74) is 1.41. The van der Waals surface area contributed by atoms with Crippen LogP contribution in [-0.2, 0) is 18.5 Å². The van der Waals surface area contributed by atoms with Gasteiger partial charge in [-0.25, -0.2) is 55.5 Å². The van der Waals surface area contributed by atoms with E-state index in [0.717, 1.165) is 97.1 Å². The molecule has 131 heavy (non-hydrogen) atoms. The molecular weight excluding hydrogens is 1770 g/mol. The second-order valence-corrected chi connectivity index (χ2v) is 27.3. The number of hydrogen-bond donors (Lipinski definition) is 8. The highest BCUT2D eigenvalue weighted by atomic mass is 35.5. The summed E-state index contributed by atoms with van der Waals surface area (Å²) in [4.78, 5) is 81.8. The molecule has 0 spiro atoms. The number of fused-ring (bicyclic) bond motifs is 4. The van der Waals surface area contributed by atoms with E-state index >= 15 is 0 Å². The quantitative estimate of drug-likeness (QED) is 0.0417. The average molecular weight is 1820 g/mol. The van der Waals surface area contributed by atoms with Crippen molar-refractivity contribution in [2.75, 3.05) is 42.5 Å². The van der Waals surface area contributed by atoms with Gasteiger partial charge in [-0.2, -0.15) is 50.0 Å². The highest BCUT2D eigenvalue weighted by Crippen LogP contribution is 2.39. The summed E-state index contributed by atoms with van der Waals surface area (Å²) in [7, 11) is 0. The molecule has 0 radical (unpaired) electrons. The third-order valence-electron chi connectivity index (χ3n) is 17.2. The number of rotatable bonds is 16. The number of nitriles is 2. The van der Waals surface area contributed by atoms with Crippen LogP contribution >= 0.6 is 11.6 Å². The Morgan fingerprint density at radius 2 is 0.603 bits per heavy atom. The molecule has 4 heterocycles. The maximum absolute atomic E-state index is 14.1. The van der Waals surface area contributed by atoms with Crippen molar-refractivity contribution in [3.8, 4) is 58.1 Å². The van der Waals surface area contributed by atoms with Gasteiger partial charge >= 0.3 is 42.7 Å². The monoisotopic (exact) mass is 1820 g/mol. The van der Waals surface area contributed by atoms with Crippen molar-refractivity contribution in [3.05, 3.63) is 336 Å². The fraction of sp³-hybridized carbons (Fsp3) is 0.0337. The molecule has 42 heteroatoms. The van der Waals surface area contributed by atoms with Gasteiger partial charge in [-0.3, -0.25) is 29.9 Å². The standard InChI is InChI=1S/C23H13F4N5O2.C22H13ClF4N4O2.C22H13F5N4O2.C22H13F2N5O2/c24-14-7-16(32-22(33)31-15-3-1-2-13(6-15)23(25,26)27)9-19(8-14)34-18-4-5-20-21(10-18)30-17(11-28)12-29-20;23-18-10-13(1-3-17(18)22(25,26)27)30-21(32)31-14-7-12(24)8-16(9-14)33-15-2-4-19-20(11-15)29-6-5-28-19;23-12-7-14(31-21(32)30-13-1-3-17(18(24)10-13)22(25,26)27)9-16(8-12)33-15-2-4-19-20(11-15)29-6-5-28-19;23-13-2-1-3-15(6-13)28-22(30)29-16-7-14(24)8-19(9-16)31-18-4-5-20-21(10-18)27-17(11-25)12-26-20/h1-10,12H,(H2,31,32,33);2*1-11H,(H2,30,31,32);1-10,12H,(H2,28,29,30). The van der Waals surface area contributed by atoms with Gasteiger partial charge in [0.15, 0.2) is 11.4 Å². The van der Waals surface area contributed by atoms with Gasteiger partial charge in [0.2, 0.25) is 0 Å². The number of urea groups is 4. The van der Waals surface area contributed by atoms with Gasteiger partial charge < -0.3 is 61.5 Å². The molecule has 0 aliphatic carbocycles. The molecule has 658 valence electrons. The number of carbonyl (C=O) groups is 4. The lowest BCUT2D eigenvalue weighted by molar-refractivity contribution is -0.140. The molecule has 0 atom stereocenters. The van der Waals surface area contributed by atoms with E-state index in [2.05, 4.69) is 82.4 Å². The van der Waals surface area contributed by atoms with E-state index < -0.39 is 99.3 Å². The number of anilines is 8. The number of nitrogens with zero attached hydrogens (tertiary/aromatic N) is 10. The van der Waals surface area contributed by atoms with Gasteiger partial charge in [0.25, 0.3) is 0 Å². The molecule has 0 aliphatic rings. The largest absolute Gasteiger partial charge is 0.457 e. The van der Waals surface area contributed by atoms with Gasteiger partial charge in [0, 0.05) is 143 Å². The van der Waals surface area contributed by atoms with Crippen LogP contribution in [0.5, 0.6) is 46.0 Å². The molecule has 0 aliphatic heterocycles. The predicted octanol–water partition coefficient (Wildman–Crippen LogP) is 24.6. The van der Waals surface area contributed by atoms with E-state index in [1.807, 2.05) is 12.1 Å². The van der Waals surface area contributed by atoms with Crippen LogP contribution in [0, 0.1) is 57.6 Å². The predicted molar refractivity (Wildman–Crippen MR) is 450 cm³/mol. The molecule has 0 fully saturated rings. The Morgan fingerprint density at radius 3 is 0.947 bits per heavy atom. The Morgan fingerprint density at radius 1 is 0.290 bits per heavy atom. The van der Waals surface area contributed by atoms with E-state index in [1.54, 1.807) is 72.9 Å². The molecule has 26 nitrogen and oxygen atoms in total. The highest BCUT2D eigenvalue weighted by molar-refractivity contribution is 6.31. The number of nitrogens with one attached hydrogen (secondary N) is 8. The minimum absolute atomic E-state index is 0.00420. The zero-order valence-corrected chi connectivity index (χ0v) is 66.4. The average Bonchev–Trinajstić information content (AvgIpc) is 0.830. The second kappa shape index (κ2) is 40.2. The molecule has 8 amide bonds. The number of halogens is 16. The van der Waals surface area contributed by atoms with Crippen LogP contribution in [0.25, 0.3) is 44.1 Å². The third-order valence-corrected chi connectivity index (χ3v) is 17.5. The number of ether oxygens (including phenoxy) is 4. The highest BCUT2D eigenvalue weighted by Gasteiger charge is 2.35. The number of aromatic nitrogens is 8. The first-order chi connectivity index (χ1) is 62.5. The van der Waals surface area contributed by atoms with E-state index in [4.69, 9.17) is 41.1 Å². The smallest absolute Gasteiger partial charge is 0.419 e. The Bertz CT molecular complexity index is 6930. The summed E-state index contributed by atoms with van der Waals surface area (Å²) in [6.45, 7) is 0. The number of benzene rings is 12. The van der Waals surface area contributed by atoms with Gasteiger partial charge in [-0.05, 0) is 146 Å². The van der Waals surface area contributed by atoms with Crippen LogP contribution < -0.4 is 61.5 Å². The number of carbonyl (C=O) groups excluding carboxylic acids is 4. The molecule has 16 rings (SSSR count). The number of alkyl halides is 9. The fourth-order valence-corrected chi connectivity index (χ4v) is 12.0. The molecule has 16 aromatic rings. The lowest BCUT2D eigenvalue weighted by Crippen LogP contribution is -2.20. The second-order valence-electron chi connectivity index (χ2n) is 26.8. The van der Waals surface area contributed by atoms with E-state index in [1.165, 1.54) is 85.6 Å². The lowest BCUT2D eigenvalue weighted by Gasteiger charge is -2.12. The van der Waals surface area contributed by atoms with Gasteiger partial charge in [-0.15, -0.1) is 0 Å². The van der Waals surface area contributed by atoms with Crippen LogP contribution in [-0.4, -0.2) is 64.0 Å². The van der Waals surface area contributed by atoms with Crippen LogP contribution in [0.2, 0.25) is 5.02 Å². The maximum atomic E-state index is 14.1. The molecule has 0 saturated heterocycles. The topological polar surface area (TPSA) is 352 Å². The molecule has 4 aromatic heterocycles. The SMILES string of the molecule is N#Cc1cnc2ccc(Oc3cc(F)cc(NC(=O)Nc4cccc(C(F)(F)F)c4)c3)cc2n1.N#Cc1cnc2ccc(Oc3cc(F)cc(NC(=O)Nc4cccc(F)c4)c3)cc2n1.O=C(Nc1cc(F)cc(Oc2ccc3nccnc3c2)c1)Nc1ccc(C(F)(F)F)c(Cl)c1.O=C(Nc1cc(F)cc(Oc2ccc3nccnc3c2)c1)Nc1ccc(C(F)(F)F)c(F)c1. The first kappa shape index (κ1) is 91.2. The molecule has 0 saturated carbocycles. The fourth-order valence-electron chi connectivity index (χ4n) is 11.7. The zero-order valence-electron chi connectivity index (χ0n) is 65.7. The Balaban J connectivity index is 0.000000149. The lowest BCUT2D eigenvalue weighted by atomic mass is 10.2. The molecule has 12 aromatic carbocycles. The Labute approximate surface area is 731 Å². The third kappa shape index (κ3) is 25.9. The Kier molecular flexibility index (Phi) is 28.0. The van der Waals surface area contributed by atoms with Gasteiger partial charge in [-0.1, -0.05) is 23.7 Å². The number of amides is 8. The van der Waals surface area contributed by atoms with Crippen molar-refractivity contribution < 1.29 is 104 Å². The van der Waals surface area contributed by atoms with Crippen LogP contribution in [0.4, 0.5) is 131 Å². The Hall–Kier alpha value is -17.5. The van der Waals surface area contributed by atoms with Crippen molar-refractivity contribution in [2.24, 2.45) is 0 Å². The van der Waals surface area contributed by atoms with Gasteiger partial charge in [0.1, 0.15) is 93.0 Å². The molecule has 0 bridgehead atoms. The summed E-state index contributed by atoms with van der Waals surface area (Å²) in [5, 5.41) is 36.1.